The van der Waals surface area contributed by atoms with Gasteiger partial charge in [-0.1, -0.05) is 13.8 Å². The molecular formula is C16H28N2O. The molecule has 0 fully saturated rings. The molecule has 108 valence electrons. The number of hydrogen-bond acceptors (Lipinski definition) is 3. The summed E-state index contributed by atoms with van der Waals surface area (Å²) in [6.07, 6.45) is 0. The molecule has 0 amide bonds. The number of hydrogen-bond donors (Lipinski definition) is 1. The lowest BCUT2D eigenvalue weighted by atomic mass is 10.2. The molecule has 1 aromatic carbocycles. The van der Waals surface area contributed by atoms with E-state index < -0.39 is 0 Å². The first-order valence-corrected chi connectivity index (χ1v) is 7.34. The quantitative estimate of drug-likeness (QED) is 0.689. The van der Waals surface area contributed by atoms with Crippen LogP contribution in [0.2, 0.25) is 0 Å². The molecule has 0 aliphatic carbocycles. The third-order valence-corrected chi connectivity index (χ3v) is 3.02. The summed E-state index contributed by atoms with van der Waals surface area (Å²) in [5, 5.41) is 3.38. The maximum atomic E-state index is 5.54. The molecule has 0 heterocycles. The van der Waals surface area contributed by atoms with E-state index >= 15 is 0 Å². The van der Waals surface area contributed by atoms with Gasteiger partial charge < -0.3 is 15.0 Å². The van der Waals surface area contributed by atoms with Crippen LogP contribution in [0.15, 0.2) is 24.3 Å². The number of ether oxygens (including phenoxy) is 1. The molecule has 0 saturated heterocycles. The highest BCUT2D eigenvalue weighted by atomic mass is 16.5. The van der Waals surface area contributed by atoms with Crippen LogP contribution in [0.5, 0.6) is 0 Å². The standard InChI is InChI=1S/C16H28N2O/c1-5-18(6-2)16-9-7-15(8-10-16)17-11-12-19-13-14(3)4/h7-10,14,17H,5-6,11-13H2,1-4H3. The monoisotopic (exact) mass is 264 g/mol. The average molecular weight is 264 g/mol. The molecule has 0 aliphatic heterocycles. The predicted octanol–water partition coefficient (Wildman–Crippen LogP) is 3.62. The van der Waals surface area contributed by atoms with Crippen molar-refractivity contribution in [3.05, 3.63) is 24.3 Å². The zero-order chi connectivity index (χ0) is 14.1. The van der Waals surface area contributed by atoms with Gasteiger partial charge in [0.1, 0.15) is 0 Å². The van der Waals surface area contributed by atoms with Gasteiger partial charge in [-0.05, 0) is 44.0 Å². The predicted molar refractivity (Wildman–Crippen MR) is 84.1 cm³/mol. The van der Waals surface area contributed by atoms with Crippen LogP contribution in [-0.4, -0.2) is 32.8 Å². The smallest absolute Gasteiger partial charge is 0.0639 e. The van der Waals surface area contributed by atoms with Gasteiger partial charge in [-0.15, -0.1) is 0 Å². The molecule has 1 rings (SSSR count). The van der Waals surface area contributed by atoms with Crippen molar-refractivity contribution in [2.24, 2.45) is 5.92 Å². The second kappa shape index (κ2) is 8.81. The first kappa shape index (κ1) is 15.8. The van der Waals surface area contributed by atoms with Gasteiger partial charge >= 0.3 is 0 Å². The topological polar surface area (TPSA) is 24.5 Å². The van der Waals surface area contributed by atoms with Crippen molar-refractivity contribution in [3.63, 3.8) is 0 Å². The van der Waals surface area contributed by atoms with Crippen LogP contribution in [0.3, 0.4) is 0 Å². The SMILES string of the molecule is CCN(CC)c1ccc(NCCOCC(C)C)cc1. The van der Waals surface area contributed by atoms with Crippen molar-refractivity contribution >= 4 is 11.4 Å². The lowest BCUT2D eigenvalue weighted by Gasteiger charge is -2.21. The van der Waals surface area contributed by atoms with E-state index in [1.54, 1.807) is 0 Å². The second-order valence-electron chi connectivity index (χ2n) is 5.11. The third-order valence-electron chi connectivity index (χ3n) is 3.02. The molecule has 0 spiro atoms. The van der Waals surface area contributed by atoms with Crippen molar-refractivity contribution in [2.45, 2.75) is 27.7 Å². The van der Waals surface area contributed by atoms with E-state index in [-0.39, 0.29) is 0 Å². The molecule has 0 unspecified atom stereocenters. The van der Waals surface area contributed by atoms with E-state index in [4.69, 9.17) is 4.74 Å². The summed E-state index contributed by atoms with van der Waals surface area (Å²) < 4.78 is 5.54. The maximum absolute atomic E-state index is 5.54. The van der Waals surface area contributed by atoms with Gasteiger partial charge in [0.25, 0.3) is 0 Å². The van der Waals surface area contributed by atoms with Crippen LogP contribution in [0.1, 0.15) is 27.7 Å². The lowest BCUT2D eigenvalue weighted by Crippen LogP contribution is -2.21. The molecule has 0 aliphatic rings. The Morgan fingerprint density at radius 2 is 1.74 bits per heavy atom. The van der Waals surface area contributed by atoms with Gasteiger partial charge in [0.2, 0.25) is 0 Å². The Hall–Kier alpha value is -1.22. The van der Waals surface area contributed by atoms with E-state index in [9.17, 15) is 0 Å². The van der Waals surface area contributed by atoms with Crippen molar-refractivity contribution in [2.75, 3.05) is 43.1 Å². The van der Waals surface area contributed by atoms with Crippen LogP contribution in [0.4, 0.5) is 11.4 Å². The summed E-state index contributed by atoms with van der Waals surface area (Å²) in [5.74, 6) is 0.605. The molecule has 0 aromatic heterocycles. The summed E-state index contributed by atoms with van der Waals surface area (Å²) in [7, 11) is 0. The van der Waals surface area contributed by atoms with Gasteiger partial charge in [-0.2, -0.15) is 0 Å². The number of benzene rings is 1. The first-order chi connectivity index (χ1) is 9.17. The number of nitrogens with one attached hydrogen (secondary N) is 1. The Kier molecular flexibility index (Phi) is 7.34. The van der Waals surface area contributed by atoms with Gasteiger partial charge in [0, 0.05) is 37.6 Å². The Bertz CT molecular complexity index is 331. The zero-order valence-corrected chi connectivity index (χ0v) is 12.8. The van der Waals surface area contributed by atoms with Crippen molar-refractivity contribution in [3.8, 4) is 0 Å². The number of anilines is 2. The molecular weight excluding hydrogens is 236 g/mol. The highest BCUT2D eigenvalue weighted by Gasteiger charge is 2.01. The summed E-state index contributed by atoms with van der Waals surface area (Å²) in [6, 6.07) is 8.61. The van der Waals surface area contributed by atoms with Crippen LogP contribution < -0.4 is 10.2 Å². The minimum atomic E-state index is 0.605. The second-order valence-corrected chi connectivity index (χ2v) is 5.11. The Morgan fingerprint density at radius 3 is 2.26 bits per heavy atom. The van der Waals surface area contributed by atoms with Crippen LogP contribution in [0, 0.1) is 5.92 Å². The van der Waals surface area contributed by atoms with Crippen LogP contribution >= 0.6 is 0 Å². The third kappa shape index (κ3) is 5.97. The number of rotatable bonds is 9. The van der Waals surface area contributed by atoms with Gasteiger partial charge in [0.05, 0.1) is 6.61 Å². The van der Waals surface area contributed by atoms with E-state index in [1.165, 1.54) is 5.69 Å². The molecule has 3 nitrogen and oxygen atoms in total. The highest BCUT2D eigenvalue weighted by molar-refractivity contribution is 5.54. The summed E-state index contributed by atoms with van der Waals surface area (Å²) in [5.41, 5.74) is 2.44. The Labute approximate surface area is 118 Å². The van der Waals surface area contributed by atoms with E-state index in [0.717, 1.165) is 38.5 Å². The minimum Gasteiger partial charge on any atom is -0.383 e. The molecule has 0 bridgehead atoms. The fraction of sp³-hybridized carbons (Fsp3) is 0.625. The van der Waals surface area contributed by atoms with E-state index in [2.05, 4.69) is 62.2 Å². The lowest BCUT2D eigenvalue weighted by molar-refractivity contribution is 0.118. The number of nitrogens with zero attached hydrogens (tertiary/aromatic N) is 1. The molecule has 19 heavy (non-hydrogen) atoms. The summed E-state index contributed by atoms with van der Waals surface area (Å²) in [4.78, 5) is 2.34. The first-order valence-electron chi connectivity index (χ1n) is 7.34. The average Bonchev–Trinajstić information content (AvgIpc) is 2.41. The zero-order valence-electron chi connectivity index (χ0n) is 12.8. The van der Waals surface area contributed by atoms with E-state index in [0.29, 0.717) is 5.92 Å². The summed E-state index contributed by atoms with van der Waals surface area (Å²) >= 11 is 0. The van der Waals surface area contributed by atoms with Gasteiger partial charge in [0.15, 0.2) is 0 Å². The van der Waals surface area contributed by atoms with Gasteiger partial charge in [-0.25, -0.2) is 0 Å². The van der Waals surface area contributed by atoms with Crippen molar-refractivity contribution in [1.82, 2.24) is 0 Å². The fourth-order valence-electron chi connectivity index (χ4n) is 1.97. The minimum absolute atomic E-state index is 0.605. The molecule has 0 saturated carbocycles. The molecule has 0 atom stereocenters. The highest BCUT2D eigenvalue weighted by Crippen LogP contribution is 2.17. The Morgan fingerprint density at radius 1 is 1.11 bits per heavy atom. The molecule has 3 heteroatoms. The molecule has 1 aromatic rings. The summed E-state index contributed by atoms with van der Waals surface area (Å²) in [6.45, 7) is 13.2. The fourth-order valence-corrected chi connectivity index (χ4v) is 1.97. The van der Waals surface area contributed by atoms with Gasteiger partial charge in [-0.3, -0.25) is 0 Å². The largest absolute Gasteiger partial charge is 0.383 e. The maximum Gasteiger partial charge on any atom is 0.0639 e. The molecule has 1 N–H and O–H groups in total. The molecule has 0 radical (unpaired) electrons. The van der Waals surface area contributed by atoms with Crippen molar-refractivity contribution < 1.29 is 4.74 Å². The van der Waals surface area contributed by atoms with E-state index in [1.807, 2.05) is 0 Å². The van der Waals surface area contributed by atoms with Crippen LogP contribution in [0.25, 0.3) is 0 Å². The van der Waals surface area contributed by atoms with Crippen molar-refractivity contribution in [1.29, 1.82) is 0 Å². The normalized spacial score (nSPS) is 10.8. The van der Waals surface area contributed by atoms with Crippen LogP contribution in [-0.2, 0) is 4.74 Å². The Balaban J connectivity index is 2.32.